The Morgan fingerprint density at radius 1 is 1.62 bits per heavy atom. The summed E-state index contributed by atoms with van der Waals surface area (Å²) in [6.07, 6.45) is -1.77. The van der Waals surface area contributed by atoms with E-state index in [0.717, 1.165) is 12.3 Å². The summed E-state index contributed by atoms with van der Waals surface area (Å²) in [5, 5.41) is -0.814. The van der Waals surface area contributed by atoms with E-state index in [1.165, 1.54) is 0 Å². The molecule has 0 aliphatic carbocycles. The lowest BCUT2D eigenvalue weighted by molar-refractivity contribution is 0.108. The fourth-order valence-corrected chi connectivity index (χ4v) is 0.929. The quantitative estimate of drug-likeness (QED) is 0.753. The second-order valence-electron chi connectivity index (χ2n) is 2.27. The molecule has 70 valence electrons. The summed E-state index contributed by atoms with van der Waals surface area (Å²) in [6.45, 7) is 0. The molecule has 2 N–H and O–H groups in total. The lowest BCUT2D eigenvalue weighted by atomic mass is 10.2. The Labute approximate surface area is 77.5 Å². The Hall–Kier alpha value is -1.23. The van der Waals surface area contributed by atoms with Crippen molar-refractivity contribution < 1.29 is 13.6 Å². The molecule has 0 bridgehead atoms. The van der Waals surface area contributed by atoms with Gasteiger partial charge < -0.3 is 5.73 Å². The highest BCUT2D eigenvalue weighted by Gasteiger charge is 2.13. The maximum absolute atomic E-state index is 12.0. The van der Waals surface area contributed by atoms with Gasteiger partial charge in [0.05, 0.1) is 5.56 Å². The number of carbonyl (C=O) groups excluding carboxylic acids is 1. The molecule has 1 rings (SSSR count). The van der Waals surface area contributed by atoms with Crippen molar-refractivity contribution in [1.82, 2.24) is 4.98 Å². The molecule has 0 amide bonds. The lowest BCUT2D eigenvalue weighted by Gasteiger charge is -2.02. The molecule has 0 atom stereocenters. The summed E-state index contributed by atoms with van der Waals surface area (Å²) < 4.78 is 24.1. The number of pyridine rings is 1. The van der Waals surface area contributed by atoms with E-state index < -0.39 is 17.4 Å². The number of aromatic nitrogens is 1. The number of halogens is 3. The number of anilines is 1. The second-order valence-corrected chi connectivity index (χ2v) is 2.61. The molecule has 0 fully saturated rings. The van der Waals surface area contributed by atoms with Gasteiger partial charge in [0.25, 0.3) is 11.7 Å². The number of nitrogen functional groups attached to an aromatic ring is 1. The highest BCUT2D eigenvalue weighted by Crippen LogP contribution is 2.21. The molecule has 1 heterocycles. The van der Waals surface area contributed by atoms with Gasteiger partial charge in [-0.05, 0) is 17.7 Å². The Morgan fingerprint density at radius 2 is 2.23 bits per heavy atom. The highest BCUT2D eigenvalue weighted by atomic mass is 35.5. The third-order valence-electron chi connectivity index (χ3n) is 1.39. The minimum absolute atomic E-state index is 0.0638. The van der Waals surface area contributed by atoms with Crippen LogP contribution in [0.1, 0.15) is 22.5 Å². The van der Waals surface area contributed by atoms with Gasteiger partial charge in [-0.15, -0.1) is 0 Å². The smallest absolute Gasteiger partial charge is 0.280 e. The standard InChI is InChI=1S/C7H5ClF2N2O/c8-6(13)3-2-12-5(7(9)10)1-4(3)11/h1-2,7H,(H2,11,12). The average Bonchev–Trinajstić information content (AvgIpc) is 2.03. The molecule has 0 saturated carbocycles. The first-order chi connectivity index (χ1) is 6.02. The summed E-state index contributed by atoms with van der Waals surface area (Å²) in [5.41, 5.74) is 4.65. The van der Waals surface area contributed by atoms with Crippen LogP contribution >= 0.6 is 11.6 Å². The van der Waals surface area contributed by atoms with Crippen LogP contribution in [0.15, 0.2) is 12.3 Å². The van der Waals surface area contributed by atoms with Crippen molar-refractivity contribution in [3.8, 4) is 0 Å². The molecule has 3 nitrogen and oxygen atoms in total. The van der Waals surface area contributed by atoms with E-state index in [4.69, 9.17) is 17.3 Å². The molecule has 0 aliphatic rings. The fraction of sp³-hybridized carbons (Fsp3) is 0.143. The number of rotatable bonds is 2. The number of hydrogen-bond donors (Lipinski definition) is 1. The van der Waals surface area contributed by atoms with E-state index in [-0.39, 0.29) is 11.3 Å². The molecule has 0 radical (unpaired) electrons. The van der Waals surface area contributed by atoms with Crippen molar-refractivity contribution in [2.75, 3.05) is 5.73 Å². The Kier molecular flexibility index (Phi) is 2.77. The zero-order valence-corrected chi connectivity index (χ0v) is 7.05. The van der Waals surface area contributed by atoms with Crippen molar-refractivity contribution in [2.24, 2.45) is 0 Å². The van der Waals surface area contributed by atoms with Crippen LogP contribution in [0.2, 0.25) is 0 Å². The average molecular weight is 207 g/mol. The third kappa shape index (κ3) is 2.12. The number of alkyl halides is 2. The Morgan fingerprint density at radius 3 is 2.62 bits per heavy atom. The first kappa shape index (κ1) is 9.85. The minimum Gasteiger partial charge on any atom is -0.398 e. The van der Waals surface area contributed by atoms with Gasteiger partial charge in [0, 0.05) is 11.9 Å². The van der Waals surface area contributed by atoms with Gasteiger partial charge >= 0.3 is 0 Å². The second kappa shape index (κ2) is 3.66. The van der Waals surface area contributed by atoms with E-state index >= 15 is 0 Å². The normalized spacial score (nSPS) is 10.5. The van der Waals surface area contributed by atoms with Gasteiger partial charge in [-0.1, -0.05) is 0 Å². The third-order valence-corrected chi connectivity index (χ3v) is 1.60. The molecular formula is C7H5ClF2N2O. The highest BCUT2D eigenvalue weighted by molar-refractivity contribution is 6.68. The van der Waals surface area contributed by atoms with E-state index in [2.05, 4.69) is 4.98 Å². The van der Waals surface area contributed by atoms with Crippen LogP contribution in [0.3, 0.4) is 0 Å². The Bertz CT molecular complexity index is 343. The molecule has 0 spiro atoms. The monoisotopic (exact) mass is 206 g/mol. The van der Waals surface area contributed by atoms with Crippen LogP contribution in [-0.2, 0) is 0 Å². The van der Waals surface area contributed by atoms with Gasteiger partial charge in [0.15, 0.2) is 0 Å². The van der Waals surface area contributed by atoms with Gasteiger partial charge in [0.1, 0.15) is 5.69 Å². The predicted octanol–water partition coefficient (Wildman–Crippen LogP) is 1.98. The molecule has 0 aromatic carbocycles. The van der Waals surface area contributed by atoms with E-state index in [1.807, 2.05) is 0 Å². The minimum atomic E-state index is -2.71. The maximum Gasteiger partial charge on any atom is 0.280 e. The summed E-state index contributed by atoms with van der Waals surface area (Å²) >= 11 is 5.09. The fourth-order valence-electron chi connectivity index (χ4n) is 0.772. The lowest BCUT2D eigenvalue weighted by Crippen LogP contribution is -2.01. The molecule has 1 aromatic rings. The van der Waals surface area contributed by atoms with Crippen LogP contribution in [0, 0.1) is 0 Å². The number of nitrogens with zero attached hydrogens (tertiary/aromatic N) is 1. The molecular weight excluding hydrogens is 202 g/mol. The SMILES string of the molecule is Nc1cc(C(F)F)ncc1C(=O)Cl. The van der Waals surface area contributed by atoms with Crippen LogP contribution in [0.4, 0.5) is 14.5 Å². The topological polar surface area (TPSA) is 56.0 Å². The zero-order valence-electron chi connectivity index (χ0n) is 6.30. The van der Waals surface area contributed by atoms with Gasteiger partial charge in [0.2, 0.25) is 0 Å². The largest absolute Gasteiger partial charge is 0.398 e. The Balaban J connectivity index is 3.13. The molecule has 0 unspecified atom stereocenters. The molecule has 0 aliphatic heterocycles. The van der Waals surface area contributed by atoms with E-state index in [1.54, 1.807) is 0 Å². The van der Waals surface area contributed by atoms with Crippen LogP contribution < -0.4 is 5.73 Å². The maximum atomic E-state index is 12.0. The number of hydrogen-bond acceptors (Lipinski definition) is 3. The summed E-state index contributed by atoms with van der Waals surface area (Å²) in [4.78, 5) is 13.9. The summed E-state index contributed by atoms with van der Waals surface area (Å²) in [6, 6.07) is 0.931. The van der Waals surface area contributed by atoms with Gasteiger partial charge in [-0.2, -0.15) is 0 Å². The first-order valence-electron chi connectivity index (χ1n) is 3.25. The van der Waals surface area contributed by atoms with Crippen molar-refractivity contribution in [3.05, 3.63) is 23.5 Å². The first-order valence-corrected chi connectivity index (χ1v) is 3.63. The van der Waals surface area contributed by atoms with Crippen LogP contribution in [0.5, 0.6) is 0 Å². The van der Waals surface area contributed by atoms with Crippen LogP contribution in [0.25, 0.3) is 0 Å². The molecule has 1 aromatic heterocycles. The molecule has 0 saturated heterocycles. The van der Waals surface area contributed by atoms with Gasteiger partial charge in [-0.3, -0.25) is 9.78 Å². The number of nitrogens with two attached hydrogens (primary N) is 1. The van der Waals surface area contributed by atoms with E-state index in [0.29, 0.717) is 0 Å². The van der Waals surface area contributed by atoms with Crippen LogP contribution in [-0.4, -0.2) is 10.2 Å². The molecule has 13 heavy (non-hydrogen) atoms. The van der Waals surface area contributed by atoms with Crippen molar-refractivity contribution in [1.29, 1.82) is 0 Å². The zero-order chi connectivity index (χ0) is 10.0. The summed E-state index contributed by atoms with van der Waals surface area (Å²) in [5.74, 6) is 0. The number of carbonyl (C=O) groups is 1. The van der Waals surface area contributed by atoms with Gasteiger partial charge in [-0.25, -0.2) is 8.78 Å². The molecule has 6 heteroatoms. The predicted molar refractivity (Wildman–Crippen MR) is 43.8 cm³/mol. The van der Waals surface area contributed by atoms with Crippen molar-refractivity contribution in [2.45, 2.75) is 6.43 Å². The summed E-state index contributed by atoms with van der Waals surface area (Å²) in [7, 11) is 0. The van der Waals surface area contributed by atoms with Crippen molar-refractivity contribution in [3.63, 3.8) is 0 Å². The van der Waals surface area contributed by atoms with E-state index in [9.17, 15) is 13.6 Å². The van der Waals surface area contributed by atoms with Crippen molar-refractivity contribution >= 4 is 22.5 Å².